The lowest BCUT2D eigenvalue weighted by Gasteiger charge is -2.17. The van der Waals surface area contributed by atoms with Gasteiger partial charge < -0.3 is 20.3 Å². The van der Waals surface area contributed by atoms with Gasteiger partial charge in [-0.3, -0.25) is 4.79 Å². The average Bonchev–Trinajstić information content (AvgIpc) is 3.38. The minimum Gasteiger partial charge on any atom is -0.481 e. The zero-order valence-electron chi connectivity index (χ0n) is 22.2. The van der Waals surface area contributed by atoms with Crippen molar-refractivity contribution in [3.63, 3.8) is 0 Å². The summed E-state index contributed by atoms with van der Waals surface area (Å²) in [5.74, 6) is 0.473. The third kappa shape index (κ3) is 5.82. The molecule has 198 valence electrons. The van der Waals surface area contributed by atoms with Crippen molar-refractivity contribution >= 4 is 51.6 Å². The van der Waals surface area contributed by atoms with E-state index in [1.54, 1.807) is 0 Å². The number of aliphatic carboxylic acids is 1. The lowest BCUT2D eigenvalue weighted by molar-refractivity contribution is -0.136. The fourth-order valence-corrected chi connectivity index (χ4v) is 6.67. The van der Waals surface area contributed by atoms with E-state index in [0.29, 0.717) is 18.0 Å². The second-order valence-corrected chi connectivity index (χ2v) is 12.2. The van der Waals surface area contributed by atoms with E-state index in [-0.39, 0.29) is 6.42 Å². The predicted octanol–water partition coefficient (Wildman–Crippen LogP) is 8.12. The van der Waals surface area contributed by atoms with Crippen LogP contribution in [0.1, 0.15) is 44.7 Å². The van der Waals surface area contributed by atoms with E-state index >= 15 is 0 Å². The molecule has 0 fully saturated rings. The summed E-state index contributed by atoms with van der Waals surface area (Å²) in [7, 11) is 0. The molecule has 0 radical (unpaired) electrons. The first-order valence-electron chi connectivity index (χ1n) is 13.1. The van der Waals surface area contributed by atoms with Crippen LogP contribution in [0.25, 0.3) is 22.0 Å². The SMILES string of the molecule is CC(C)Nc1cc(NC(C)C)cc(-c2ccc3c(CC(=O)O)cn(CC4CSc5ccc(Cl)cc54)c3c2)c1. The number of thioether (sulfide) groups is 1. The van der Waals surface area contributed by atoms with Crippen LogP contribution in [0.15, 0.2) is 65.7 Å². The maximum Gasteiger partial charge on any atom is 0.307 e. The molecular formula is C31H34ClN3O2S. The molecule has 1 atom stereocenters. The first-order valence-corrected chi connectivity index (χ1v) is 14.5. The van der Waals surface area contributed by atoms with Crippen LogP contribution < -0.4 is 10.6 Å². The summed E-state index contributed by atoms with van der Waals surface area (Å²) in [5.41, 5.74) is 7.52. The zero-order valence-corrected chi connectivity index (χ0v) is 23.8. The lowest BCUT2D eigenvalue weighted by atomic mass is 10.00. The Bertz CT molecular complexity index is 1470. The fraction of sp³-hybridized carbons (Fsp3) is 0.323. The van der Waals surface area contributed by atoms with Crippen LogP contribution in [0.2, 0.25) is 5.02 Å². The van der Waals surface area contributed by atoms with Crippen LogP contribution in [-0.2, 0) is 17.8 Å². The van der Waals surface area contributed by atoms with Gasteiger partial charge in [0.2, 0.25) is 0 Å². The molecule has 0 saturated carbocycles. The summed E-state index contributed by atoms with van der Waals surface area (Å²) in [6.45, 7) is 9.32. The number of benzene rings is 3. The molecule has 0 amide bonds. The van der Waals surface area contributed by atoms with Crippen molar-refractivity contribution in [2.45, 2.75) is 63.6 Å². The molecule has 5 nitrogen and oxygen atoms in total. The number of nitrogens with zero attached hydrogens (tertiary/aromatic N) is 1. The number of halogens is 1. The molecule has 2 heterocycles. The summed E-state index contributed by atoms with van der Waals surface area (Å²) in [5, 5.41) is 18.4. The van der Waals surface area contributed by atoms with Gasteiger partial charge in [0.15, 0.2) is 0 Å². The minimum absolute atomic E-state index is 0.000921. The molecule has 0 spiro atoms. The average molecular weight is 548 g/mol. The van der Waals surface area contributed by atoms with Crippen LogP contribution in [0, 0.1) is 0 Å². The second-order valence-electron chi connectivity index (χ2n) is 10.7. The topological polar surface area (TPSA) is 66.3 Å². The van der Waals surface area contributed by atoms with Gasteiger partial charge in [0.1, 0.15) is 0 Å². The van der Waals surface area contributed by atoms with Crippen LogP contribution in [-0.4, -0.2) is 33.5 Å². The summed E-state index contributed by atoms with van der Waals surface area (Å²) >= 11 is 8.19. The van der Waals surface area contributed by atoms with E-state index < -0.39 is 5.97 Å². The number of hydrogen-bond acceptors (Lipinski definition) is 4. The van der Waals surface area contributed by atoms with Crippen LogP contribution in [0.4, 0.5) is 11.4 Å². The smallest absolute Gasteiger partial charge is 0.307 e. The third-order valence-electron chi connectivity index (χ3n) is 6.75. The predicted molar refractivity (Wildman–Crippen MR) is 161 cm³/mol. The summed E-state index contributed by atoms with van der Waals surface area (Å²) in [6.07, 6.45) is 2.03. The highest BCUT2D eigenvalue weighted by atomic mass is 35.5. The van der Waals surface area contributed by atoms with E-state index in [9.17, 15) is 9.90 Å². The number of fused-ring (bicyclic) bond motifs is 2. The Balaban J connectivity index is 1.58. The molecule has 1 aromatic heterocycles. The first kappa shape index (κ1) is 26.5. The Morgan fingerprint density at radius 3 is 2.37 bits per heavy atom. The summed E-state index contributed by atoms with van der Waals surface area (Å²) in [4.78, 5) is 12.9. The molecule has 4 aromatic rings. The van der Waals surface area contributed by atoms with Crippen LogP contribution in [0.5, 0.6) is 0 Å². The number of anilines is 2. The molecule has 0 bridgehead atoms. The van der Waals surface area contributed by atoms with E-state index in [1.165, 1.54) is 10.5 Å². The van der Waals surface area contributed by atoms with Gasteiger partial charge in [0.05, 0.1) is 6.42 Å². The van der Waals surface area contributed by atoms with Crippen molar-refractivity contribution in [1.29, 1.82) is 0 Å². The van der Waals surface area contributed by atoms with Gasteiger partial charge in [0, 0.05) is 68.7 Å². The van der Waals surface area contributed by atoms with E-state index in [0.717, 1.165) is 56.3 Å². The highest BCUT2D eigenvalue weighted by Crippen LogP contribution is 2.42. The molecule has 5 rings (SSSR count). The second kappa shape index (κ2) is 11.0. The van der Waals surface area contributed by atoms with Gasteiger partial charge in [-0.2, -0.15) is 0 Å². The zero-order chi connectivity index (χ0) is 27.0. The van der Waals surface area contributed by atoms with Gasteiger partial charge in [-0.05, 0) is 92.4 Å². The molecule has 1 aliphatic rings. The number of carboxylic acid groups (broad SMARTS) is 1. The minimum atomic E-state index is -0.821. The van der Waals surface area contributed by atoms with Gasteiger partial charge in [0.25, 0.3) is 0 Å². The van der Waals surface area contributed by atoms with Crippen molar-refractivity contribution in [2.24, 2.45) is 0 Å². The Morgan fingerprint density at radius 1 is 1.00 bits per heavy atom. The Kier molecular flexibility index (Phi) is 7.64. The number of aromatic nitrogens is 1. The lowest BCUT2D eigenvalue weighted by Crippen LogP contribution is -2.12. The number of carbonyl (C=O) groups is 1. The highest BCUT2D eigenvalue weighted by Gasteiger charge is 2.25. The molecule has 1 aliphatic heterocycles. The van der Waals surface area contributed by atoms with Crippen molar-refractivity contribution in [3.05, 3.63) is 76.9 Å². The summed E-state index contributed by atoms with van der Waals surface area (Å²) in [6, 6.07) is 19.7. The van der Waals surface area contributed by atoms with Gasteiger partial charge in [-0.15, -0.1) is 11.8 Å². The molecular weight excluding hydrogens is 514 g/mol. The largest absolute Gasteiger partial charge is 0.481 e. The van der Waals surface area contributed by atoms with Crippen LogP contribution >= 0.6 is 23.4 Å². The third-order valence-corrected chi connectivity index (χ3v) is 8.24. The molecule has 38 heavy (non-hydrogen) atoms. The maximum absolute atomic E-state index is 11.7. The quantitative estimate of drug-likeness (QED) is 0.197. The molecule has 1 unspecified atom stereocenters. The highest BCUT2D eigenvalue weighted by molar-refractivity contribution is 7.99. The fourth-order valence-electron chi connectivity index (χ4n) is 5.27. The molecule has 3 N–H and O–H groups in total. The monoisotopic (exact) mass is 547 g/mol. The van der Waals surface area contributed by atoms with E-state index in [2.05, 4.69) is 91.4 Å². The number of hydrogen-bond donors (Lipinski definition) is 3. The van der Waals surface area contributed by atoms with Crippen molar-refractivity contribution < 1.29 is 9.90 Å². The molecule has 3 aromatic carbocycles. The van der Waals surface area contributed by atoms with Crippen molar-refractivity contribution in [1.82, 2.24) is 4.57 Å². The molecule has 0 aliphatic carbocycles. The summed E-state index contributed by atoms with van der Waals surface area (Å²) < 4.78 is 2.24. The van der Waals surface area contributed by atoms with E-state index in [4.69, 9.17) is 11.6 Å². The van der Waals surface area contributed by atoms with Crippen molar-refractivity contribution in [2.75, 3.05) is 16.4 Å². The Hall–Kier alpha value is -3.09. The maximum atomic E-state index is 11.7. The standard InChI is InChI=1S/C31H34ClN3O2S/c1-18(2)33-25-9-21(10-26(14-25)34-19(3)4)20-5-7-27-22(12-31(36)37)15-35(29(27)11-20)16-23-17-38-30-8-6-24(32)13-28(23)30/h5-11,13-15,18-19,23,33-34H,12,16-17H2,1-4H3,(H,36,37). The normalized spacial score (nSPS) is 14.9. The number of nitrogens with one attached hydrogen (secondary N) is 2. The van der Waals surface area contributed by atoms with Crippen LogP contribution in [0.3, 0.4) is 0 Å². The molecule has 7 heteroatoms. The van der Waals surface area contributed by atoms with Gasteiger partial charge in [-0.1, -0.05) is 23.7 Å². The van der Waals surface area contributed by atoms with Crippen molar-refractivity contribution in [3.8, 4) is 11.1 Å². The Morgan fingerprint density at radius 2 is 1.71 bits per heavy atom. The van der Waals surface area contributed by atoms with Gasteiger partial charge in [-0.25, -0.2) is 0 Å². The molecule has 0 saturated heterocycles. The number of carboxylic acids is 1. The number of rotatable bonds is 9. The first-order chi connectivity index (χ1) is 18.2. The Labute approximate surface area is 233 Å². The van der Waals surface area contributed by atoms with Gasteiger partial charge >= 0.3 is 5.97 Å². The van der Waals surface area contributed by atoms with E-state index in [1.807, 2.05) is 24.0 Å².